The van der Waals surface area contributed by atoms with Crippen molar-refractivity contribution in [3.05, 3.63) is 54.6 Å². The molecule has 22 heavy (non-hydrogen) atoms. The van der Waals surface area contributed by atoms with Crippen LogP contribution in [0.3, 0.4) is 0 Å². The fraction of sp³-hybridized carbons (Fsp3) is 0.235. The minimum absolute atomic E-state index is 0.0285. The molecule has 0 fully saturated rings. The summed E-state index contributed by atoms with van der Waals surface area (Å²) in [5.41, 5.74) is 2.45. The molecular formula is C17H19NO3S. The summed E-state index contributed by atoms with van der Waals surface area (Å²) in [4.78, 5) is 12.0. The van der Waals surface area contributed by atoms with Crippen LogP contribution < -0.4 is 5.32 Å². The third-order valence-corrected chi connectivity index (χ3v) is 4.88. The van der Waals surface area contributed by atoms with Crippen molar-refractivity contribution in [1.82, 2.24) is 0 Å². The second kappa shape index (κ2) is 7.22. The highest BCUT2D eigenvalue weighted by atomic mass is 32.2. The maximum Gasteiger partial charge on any atom is 0.239 e. The molecule has 0 aliphatic carbocycles. The summed E-state index contributed by atoms with van der Waals surface area (Å²) in [6.07, 6.45) is 0.510. The number of para-hydroxylation sites is 1. The lowest BCUT2D eigenvalue weighted by Gasteiger charge is -2.11. The molecule has 0 heterocycles. The first kappa shape index (κ1) is 16.2. The predicted molar refractivity (Wildman–Crippen MR) is 89.5 cm³/mol. The summed E-state index contributed by atoms with van der Waals surface area (Å²) in [6, 6.07) is 17.0. The van der Waals surface area contributed by atoms with Gasteiger partial charge in [-0.05, 0) is 18.1 Å². The zero-order valence-electron chi connectivity index (χ0n) is 12.5. The van der Waals surface area contributed by atoms with Gasteiger partial charge in [-0.25, -0.2) is 8.42 Å². The summed E-state index contributed by atoms with van der Waals surface area (Å²) in [5.74, 6) is -0.957. The topological polar surface area (TPSA) is 63.2 Å². The van der Waals surface area contributed by atoms with Gasteiger partial charge in [-0.1, -0.05) is 55.5 Å². The Morgan fingerprint density at radius 1 is 1.00 bits per heavy atom. The molecule has 0 bridgehead atoms. The SMILES string of the molecule is CCCS(=O)(=O)CC(=O)Nc1ccccc1-c1ccccc1. The fourth-order valence-electron chi connectivity index (χ4n) is 2.23. The van der Waals surface area contributed by atoms with Crippen LogP contribution in [-0.2, 0) is 14.6 Å². The Kier molecular flexibility index (Phi) is 5.33. The maximum absolute atomic E-state index is 12.0. The van der Waals surface area contributed by atoms with Crippen LogP contribution in [-0.4, -0.2) is 25.8 Å². The normalized spacial score (nSPS) is 11.1. The van der Waals surface area contributed by atoms with E-state index in [0.29, 0.717) is 12.1 Å². The predicted octanol–water partition coefficient (Wildman–Crippen LogP) is 3.12. The fourth-order valence-corrected chi connectivity index (χ4v) is 3.47. The highest BCUT2D eigenvalue weighted by Gasteiger charge is 2.16. The molecular weight excluding hydrogens is 298 g/mol. The average Bonchev–Trinajstić information content (AvgIpc) is 2.48. The number of benzene rings is 2. The lowest BCUT2D eigenvalue weighted by atomic mass is 10.0. The largest absolute Gasteiger partial charge is 0.325 e. The molecule has 2 aromatic rings. The Morgan fingerprint density at radius 3 is 2.32 bits per heavy atom. The monoisotopic (exact) mass is 317 g/mol. The van der Waals surface area contributed by atoms with Crippen molar-refractivity contribution in [2.24, 2.45) is 0 Å². The number of anilines is 1. The van der Waals surface area contributed by atoms with Crippen molar-refractivity contribution in [2.75, 3.05) is 16.8 Å². The van der Waals surface area contributed by atoms with E-state index in [4.69, 9.17) is 0 Å². The van der Waals surface area contributed by atoms with Crippen LogP contribution in [0.15, 0.2) is 54.6 Å². The van der Waals surface area contributed by atoms with Crippen molar-refractivity contribution in [1.29, 1.82) is 0 Å². The van der Waals surface area contributed by atoms with Crippen molar-refractivity contribution in [3.63, 3.8) is 0 Å². The van der Waals surface area contributed by atoms with Gasteiger partial charge in [0, 0.05) is 11.3 Å². The lowest BCUT2D eigenvalue weighted by Crippen LogP contribution is -2.24. The van der Waals surface area contributed by atoms with Gasteiger partial charge in [-0.2, -0.15) is 0 Å². The van der Waals surface area contributed by atoms with Crippen molar-refractivity contribution >= 4 is 21.4 Å². The molecule has 2 rings (SSSR count). The van der Waals surface area contributed by atoms with Gasteiger partial charge in [-0.3, -0.25) is 4.79 Å². The summed E-state index contributed by atoms with van der Waals surface area (Å²) in [6.45, 7) is 1.78. The Labute approximate surface area is 131 Å². The Hall–Kier alpha value is -2.14. The van der Waals surface area contributed by atoms with Crippen LogP contribution in [0.25, 0.3) is 11.1 Å². The minimum Gasteiger partial charge on any atom is -0.325 e. The number of hydrogen-bond donors (Lipinski definition) is 1. The summed E-state index contributed by atoms with van der Waals surface area (Å²) >= 11 is 0. The second-order valence-corrected chi connectivity index (χ2v) is 7.24. The third-order valence-electron chi connectivity index (χ3n) is 3.15. The van der Waals surface area contributed by atoms with E-state index in [-0.39, 0.29) is 5.75 Å². The quantitative estimate of drug-likeness (QED) is 0.890. The number of sulfone groups is 1. The van der Waals surface area contributed by atoms with E-state index >= 15 is 0 Å². The van der Waals surface area contributed by atoms with Crippen LogP contribution >= 0.6 is 0 Å². The number of hydrogen-bond acceptors (Lipinski definition) is 3. The molecule has 4 nitrogen and oxygen atoms in total. The van der Waals surface area contributed by atoms with Gasteiger partial charge in [0.2, 0.25) is 5.91 Å². The van der Waals surface area contributed by atoms with Crippen LogP contribution in [0.2, 0.25) is 0 Å². The highest BCUT2D eigenvalue weighted by Crippen LogP contribution is 2.27. The highest BCUT2D eigenvalue weighted by molar-refractivity contribution is 7.92. The molecule has 1 amide bonds. The van der Waals surface area contributed by atoms with Crippen LogP contribution in [0, 0.1) is 0 Å². The van der Waals surface area contributed by atoms with Crippen molar-refractivity contribution in [2.45, 2.75) is 13.3 Å². The van der Waals surface area contributed by atoms with Crippen molar-refractivity contribution in [3.8, 4) is 11.1 Å². The lowest BCUT2D eigenvalue weighted by molar-refractivity contribution is -0.113. The maximum atomic E-state index is 12.0. The molecule has 0 aliphatic heterocycles. The third kappa shape index (κ3) is 4.43. The molecule has 1 N–H and O–H groups in total. The first-order valence-corrected chi connectivity index (χ1v) is 8.98. The van der Waals surface area contributed by atoms with Gasteiger partial charge in [0.25, 0.3) is 0 Å². The Bertz CT molecular complexity index is 740. The number of carbonyl (C=O) groups is 1. The molecule has 0 saturated heterocycles. The molecule has 0 atom stereocenters. The van der Waals surface area contributed by atoms with Gasteiger partial charge in [0.15, 0.2) is 9.84 Å². The molecule has 0 aromatic heterocycles. The first-order valence-electron chi connectivity index (χ1n) is 7.16. The molecule has 5 heteroatoms. The van der Waals surface area contributed by atoms with E-state index < -0.39 is 21.5 Å². The molecule has 0 radical (unpaired) electrons. The number of rotatable bonds is 6. The zero-order valence-corrected chi connectivity index (χ0v) is 13.3. The number of nitrogens with one attached hydrogen (secondary N) is 1. The van der Waals surface area contributed by atoms with Crippen LogP contribution in [0.1, 0.15) is 13.3 Å². The molecule has 0 aliphatic rings. The smallest absolute Gasteiger partial charge is 0.239 e. The molecule has 116 valence electrons. The van der Waals surface area contributed by atoms with Gasteiger partial charge < -0.3 is 5.32 Å². The summed E-state index contributed by atoms with van der Waals surface area (Å²) in [7, 11) is -3.34. The Morgan fingerprint density at radius 2 is 1.64 bits per heavy atom. The summed E-state index contributed by atoms with van der Waals surface area (Å²) in [5, 5.41) is 2.71. The molecule has 0 spiro atoms. The van der Waals surface area contributed by atoms with E-state index in [0.717, 1.165) is 11.1 Å². The number of carbonyl (C=O) groups excluding carboxylic acids is 1. The van der Waals surface area contributed by atoms with E-state index in [1.165, 1.54) is 0 Å². The van der Waals surface area contributed by atoms with E-state index in [2.05, 4.69) is 5.32 Å². The van der Waals surface area contributed by atoms with Gasteiger partial charge in [0.05, 0.1) is 5.75 Å². The molecule has 2 aromatic carbocycles. The van der Waals surface area contributed by atoms with Crippen LogP contribution in [0.5, 0.6) is 0 Å². The standard InChI is InChI=1S/C17H19NO3S/c1-2-12-22(20,21)13-17(19)18-16-11-7-6-10-15(16)14-8-4-3-5-9-14/h3-11H,2,12-13H2,1H3,(H,18,19). The molecule has 0 unspecified atom stereocenters. The Balaban J connectivity index is 2.19. The zero-order chi connectivity index (χ0) is 16.0. The summed E-state index contributed by atoms with van der Waals surface area (Å²) < 4.78 is 23.5. The van der Waals surface area contributed by atoms with E-state index in [1.807, 2.05) is 48.5 Å². The van der Waals surface area contributed by atoms with Gasteiger partial charge in [0.1, 0.15) is 5.75 Å². The number of amides is 1. The van der Waals surface area contributed by atoms with Crippen molar-refractivity contribution < 1.29 is 13.2 Å². The minimum atomic E-state index is -3.34. The van der Waals surface area contributed by atoms with E-state index in [9.17, 15) is 13.2 Å². The van der Waals surface area contributed by atoms with Gasteiger partial charge in [-0.15, -0.1) is 0 Å². The molecule has 0 saturated carbocycles. The van der Waals surface area contributed by atoms with Gasteiger partial charge >= 0.3 is 0 Å². The second-order valence-electron chi connectivity index (χ2n) is 5.05. The first-order chi connectivity index (χ1) is 10.5. The average molecular weight is 317 g/mol. The van der Waals surface area contributed by atoms with Crippen LogP contribution in [0.4, 0.5) is 5.69 Å². The van der Waals surface area contributed by atoms with E-state index in [1.54, 1.807) is 13.0 Å².